The van der Waals surface area contributed by atoms with E-state index in [1.807, 2.05) is 0 Å². The molecule has 0 unspecified atom stereocenters. The van der Waals surface area contributed by atoms with E-state index in [0.717, 1.165) is 48.0 Å². The maximum atomic E-state index is 2.39. The summed E-state index contributed by atoms with van der Waals surface area (Å²) in [5, 5.41) is 0. The lowest BCUT2D eigenvalue weighted by Crippen LogP contribution is -3.00. The minimum atomic E-state index is 0. The summed E-state index contributed by atoms with van der Waals surface area (Å²) in [5.41, 5.74) is 11.9. The lowest BCUT2D eigenvalue weighted by molar-refractivity contribution is -0.907. The zero-order valence-corrected chi connectivity index (χ0v) is 25.2. The monoisotopic (exact) mass is 528 g/mol. The Balaban J connectivity index is 0.00000324. The van der Waals surface area contributed by atoms with Gasteiger partial charge >= 0.3 is 0 Å². The van der Waals surface area contributed by atoms with Crippen LogP contribution in [0.1, 0.15) is 44.5 Å². The van der Waals surface area contributed by atoms with Gasteiger partial charge in [-0.05, 0) is 61.1 Å². The first-order chi connectivity index (χ1) is 16.0. The normalized spacial score (nSPS) is 11.6. The van der Waals surface area contributed by atoms with E-state index in [9.17, 15) is 0 Å². The van der Waals surface area contributed by atoms with Gasteiger partial charge in [-0.1, -0.05) is 60.7 Å². The smallest absolute Gasteiger partial charge is 0.105 e. The van der Waals surface area contributed by atoms with Crippen LogP contribution in [-0.4, -0.2) is 50.2 Å². The van der Waals surface area contributed by atoms with Crippen LogP contribution in [0.2, 0.25) is 0 Å². The van der Waals surface area contributed by atoms with Gasteiger partial charge in [0, 0.05) is 24.0 Å². The van der Waals surface area contributed by atoms with Crippen molar-refractivity contribution >= 4 is 0 Å². The molecule has 3 rings (SSSR count). The van der Waals surface area contributed by atoms with Crippen molar-refractivity contribution in [3.05, 3.63) is 105 Å². The summed E-state index contributed by atoms with van der Waals surface area (Å²) in [6.45, 7) is 13.8. The second-order valence-electron chi connectivity index (χ2n) is 11.6. The average molecular weight is 530 g/mol. The number of halogens is 2. The molecule has 36 heavy (non-hydrogen) atoms. The first-order valence-electron chi connectivity index (χ1n) is 12.8. The fourth-order valence-corrected chi connectivity index (χ4v) is 5.06. The third kappa shape index (κ3) is 8.63. The van der Waals surface area contributed by atoms with Crippen molar-refractivity contribution in [3.8, 4) is 0 Å². The van der Waals surface area contributed by atoms with Crippen molar-refractivity contribution in [2.75, 3.05) is 41.3 Å². The molecule has 0 aliphatic heterocycles. The molecular formula is C32H46Cl2N2. The Morgan fingerprint density at radius 3 is 1.08 bits per heavy atom. The van der Waals surface area contributed by atoms with Gasteiger partial charge in [0.05, 0.1) is 41.3 Å². The third-order valence-corrected chi connectivity index (χ3v) is 7.83. The van der Waals surface area contributed by atoms with Crippen molar-refractivity contribution < 1.29 is 33.8 Å². The van der Waals surface area contributed by atoms with E-state index in [0.29, 0.717) is 0 Å². The Morgan fingerprint density at radius 1 is 0.472 bits per heavy atom. The molecule has 0 fully saturated rings. The van der Waals surface area contributed by atoms with E-state index in [1.54, 1.807) is 11.1 Å². The molecule has 0 amide bonds. The Hall–Kier alpha value is -1.84. The largest absolute Gasteiger partial charge is 1.00 e. The van der Waals surface area contributed by atoms with Crippen LogP contribution in [0, 0.1) is 27.7 Å². The van der Waals surface area contributed by atoms with Crippen LogP contribution in [0.5, 0.6) is 0 Å². The SMILES string of the molecule is Cc1c(C)c(C)c(C[N+](C)(C)CCc2ccccc2)c(C[N+](C)(C)CCc2ccccc2)c1C.[Cl-].[Cl-]. The van der Waals surface area contributed by atoms with Gasteiger partial charge in [-0.3, -0.25) is 0 Å². The molecule has 0 aliphatic carbocycles. The molecule has 0 atom stereocenters. The zero-order valence-electron chi connectivity index (χ0n) is 23.7. The highest BCUT2D eigenvalue weighted by Gasteiger charge is 2.27. The number of benzene rings is 3. The lowest BCUT2D eigenvalue weighted by atomic mass is 9.87. The first kappa shape index (κ1) is 32.2. The highest BCUT2D eigenvalue weighted by molar-refractivity contribution is 5.49. The van der Waals surface area contributed by atoms with E-state index in [2.05, 4.69) is 117 Å². The summed E-state index contributed by atoms with van der Waals surface area (Å²) in [4.78, 5) is 0. The number of rotatable bonds is 10. The number of hydrogen-bond acceptors (Lipinski definition) is 0. The van der Waals surface area contributed by atoms with Crippen LogP contribution in [0.3, 0.4) is 0 Å². The van der Waals surface area contributed by atoms with Gasteiger partial charge in [0.25, 0.3) is 0 Å². The maximum absolute atomic E-state index is 2.39. The molecule has 0 N–H and O–H groups in total. The van der Waals surface area contributed by atoms with Crippen molar-refractivity contribution in [1.82, 2.24) is 0 Å². The van der Waals surface area contributed by atoms with Gasteiger partial charge in [-0.25, -0.2) is 0 Å². The summed E-state index contributed by atoms with van der Waals surface area (Å²) >= 11 is 0. The van der Waals surface area contributed by atoms with Gasteiger partial charge in [0.15, 0.2) is 0 Å². The minimum absolute atomic E-state index is 0. The predicted octanol–water partition coefficient (Wildman–Crippen LogP) is 0.566. The van der Waals surface area contributed by atoms with Crippen LogP contribution in [0.25, 0.3) is 0 Å². The van der Waals surface area contributed by atoms with Crippen LogP contribution < -0.4 is 24.8 Å². The summed E-state index contributed by atoms with van der Waals surface area (Å²) in [7, 11) is 9.58. The van der Waals surface area contributed by atoms with Crippen LogP contribution in [-0.2, 0) is 25.9 Å². The summed E-state index contributed by atoms with van der Waals surface area (Å²) < 4.78 is 2.00. The molecule has 0 aromatic heterocycles. The topological polar surface area (TPSA) is 0 Å². The van der Waals surface area contributed by atoms with E-state index >= 15 is 0 Å². The van der Waals surface area contributed by atoms with E-state index in [4.69, 9.17) is 0 Å². The van der Waals surface area contributed by atoms with Crippen LogP contribution in [0.15, 0.2) is 60.7 Å². The molecule has 0 spiro atoms. The molecule has 3 aromatic carbocycles. The molecule has 0 heterocycles. The van der Waals surface area contributed by atoms with Crippen molar-refractivity contribution in [1.29, 1.82) is 0 Å². The fourth-order valence-electron chi connectivity index (χ4n) is 5.06. The minimum Gasteiger partial charge on any atom is -1.00 e. The molecule has 198 valence electrons. The Labute approximate surface area is 233 Å². The summed E-state index contributed by atoms with van der Waals surface area (Å²) in [5.74, 6) is 0. The third-order valence-electron chi connectivity index (χ3n) is 7.83. The fraction of sp³-hybridized carbons (Fsp3) is 0.438. The van der Waals surface area contributed by atoms with E-state index in [-0.39, 0.29) is 24.8 Å². The molecule has 0 saturated heterocycles. The van der Waals surface area contributed by atoms with Crippen molar-refractivity contribution in [2.45, 2.75) is 53.6 Å². The molecule has 0 radical (unpaired) electrons. The van der Waals surface area contributed by atoms with Gasteiger partial charge in [0.1, 0.15) is 13.1 Å². The predicted molar refractivity (Wildman–Crippen MR) is 147 cm³/mol. The highest BCUT2D eigenvalue weighted by atomic mass is 35.5. The number of likely N-dealkylation sites (N-methyl/N-ethyl adjacent to an activating group) is 2. The zero-order chi connectivity index (χ0) is 24.9. The van der Waals surface area contributed by atoms with Gasteiger partial charge in [-0.2, -0.15) is 0 Å². The second kappa shape index (κ2) is 13.6. The quantitative estimate of drug-likeness (QED) is 0.337. The Bertz CT molecular complexity index is 1000. The molecule has 0 aliphatic rings. The molecule has 2 nitrogen and oxygen atoms in total. The first-order valence-corrected chi connectivity index (χ1v) is 12.8. The molecular weight excluding hydrogens is 483 g/mol. The van der Waals surface area contributed by atoms with Crippen LogP contribution >= 0.6 is 0 Å². The lowest BCUT2D eigenvalue weighted by Gasteiger charge is -2.35. The maximum Gasteiger partial charge on any atom is 0.105 e. The molecule has 0 bridgehead atoms. The molecule has 3 aromatic rings. The van der Waals surface area contributed by atoms with Crippen molar-refractivity contribution in [3.63, 3.8) is 0 Å². The van der Waals surface area contributed by atoms with E-state index in [1.165, 1.54) is 33.4 Å². The molecule has 4 heteroatoms. The van der Waals surface area contributed by atoms with Gasteiger partial charge in [-0.15, -0.1) is 0 Å². The molecule has 0 saturated carbocycles. The standard InChI is InChI=1S/C32H46N2.2ClH/c1-25-26(2)28(4)32(24-34(7,8)22-20-30-17-13-10-14-18-30)31(27(25)3)23-33(5,6)21-19-29-15-11-9-12-16-29;;/h9-18H,19-24H2,1-8H3;2*1H/q+2;;/p-2. The van der Waals surface area contributed by atoms with Crippen LogP contribution in [0.4, 0.5) is 0 Å². The highest BCUT2D eigenvalue weighted by Crippen LogP contribution is 2.31. The number of nitrogens with zero attached hydrogens (tertiary/aromatic N) is 2. The van der Waals surface area contributed by atoms with Gasteiger partial charge in [0.2, 0.25) is 0 Å². The Morgan fingerprint density at radius 2 is 0.778 bits per heavy atom. The number of hydrogen-bond donors (Lipinski definition) is 0. The second-order valence-corrected chi connectivity index (χ2v) is 11.6. The van der Waals surface area contributed by atoms with E-state index < -0.39 is 0 Å². The van der Waals surface area contributed by atoms with Gasteiger partial charge < -0.3 is 33.8 Å². The average Bonchev–Trinajstić information content (AvgIpc) is 2.82. The Kier molecular flexibility index (Phi) is 12.2. The summed E-state index contributed by atoms with van der Waals surface area (Å²) in [6.07, 6.45) is 2.23. The number of quaternary nitrogens is 2. The summed E-state index contributed by atoms with van der Waals surface area (Å²) in [6, 6.07) is 21.8. The van der Waals surface area contributed by atoms with Crippen molar-refractivity contribution in [2.24, 2.45) is 0 Å².